The fraction of sp³-hybridized carbons (Fsp3) is 0.0714. The molecule has 2 heterocycles. The molecule has 0 aliphatic heterocycles. The Balaban J connectivity index is 2.23. The van der Waals surface area contributed by atoms with Crippen molar-refractivity contribution in [1.29, 1.82) is 0 Å². The highest BCUT2D eigenvalue weighted by Gasteiger charge is 2.17. The van der Waals surface area contributed by atoms with Crippen LogP contribution in [0.1, 0.15) is 5.69 Å². The summed E-state index contributed by atoms with van der Waals surface area (Å²) in [5, 5.41) is 20.4. The second kappa shape index (κ2) is 4.34. The molecular weight excluding hydrogens is 258 g/mol. The maximum atomic E-state index is 10.9. The van der Waals surface area contributed by atoms with Crippen LogP contribution in [-0.2, 0) is 0 Å². The number of hydrogen-bond acceptors (Lipinski definition) is 4. The molecule has 6 nitrogen and oxygen atoms in total. The van der Waals surface area contributed by atoms with Crippen LogP contribution in [0.25, 0.3) is 16.9 Å². The molecule has 6 heteroatoms. The Kier molecular flexibility index (Phi) is 2.64. The summed E-state index contributed by atoms with van der Waals surface area (Å²) in [5.41, 5.74) is 2.62. The van der Waals surface area contributed by atoms with Gasteiger partial charge < -0.3 is 9.51 Å². The number of nitro benzene ring substituents is 1. The van der Waals surface area contributed by atoms with E-state index in [0.29, 0.717) is 11.3 Å². The van der Waals surface area contributed by atoms with Crippen molar-refractivity contribution in [2.75, 3.05) is 0 Å². The molecule has 0 bridgehead atoms. The molecule has 0 atom stereocenters. The number of aryl methyl sites for hydroxylation is 1. The Morgan fingerprint density at radius 2 is 2.10 bits per heavy atom. The molecule has 0 aliphatic rings. The standard InChI is InChI=1S/C14H11N3O3/c1-9-14(15-13-4-2-3-7-16(9)13)10-5-6-12(18)11(8-10)17(19)20/h2-8,18H,1H3. The normalized spacial score (nSPS) is 10.8. The van der Waals surface area contributed by atoms with E-state index in [-0.39, 0.29) is 11.4 Å². The third-order valence-electron chi connectivity index (χ3n) is 3.21. The number of nitro groups is 1. The van der Waals surface area contributed by atoms with Gasteiger partial charge in [-0.05, 0) is 31.2 Å². The van der Waals surface area contributed by atoms with Crippen LogP contribution in [0.3, 0.4) is 0 Å². The Morgan fingerprint density at radius 1 is 1.30 bits per heavy atom. The molecule has 0 spiro atoms. The zero-order valence-corrected chi connectivity index (χ0v) is 10.6. The Bertz CT molecular complexity index is 824. The maximum Gasteiger partial charge on any atom is 0.311 e. The van der Waals surface area contributed by atoms with Crippen LogP contribution in [0.5, 0.6) is 5.75 Å². The largest absolute Gasteiger partial charge is 0.502 e. The van der Waals surface area contributed by atoms with Crippen molar-refractivity contribution in [3.8, 4) is 17.0 Å². The van der Waals surface area contributed by atoms with Gasteiger partial charge in [0.25, 0.3) is 0 Å². The van der Waals surface area contributed by atoms with E-state index in [9.17, 15) is 15.2 Å². The van der Waals surface area contributed by atoms with Gasteiger partial charge >= 0.3 is 5.69 Å². The summed E-state index contributed by atoms with van der Waals surface area (Å²) in [4.78, 5) is 14.7. The van der Waals surface area contributed by atoms with Gasteiger partial charge in [0, 0.05) is 23.5 Å². The van der Waals surface area contributed by atoms with Gasteiger partial charge in [0.2, 0.25) is 0 Å². The number of aromatic nitrogens is 2. The van der Waals surface area contributed by atoms with E-state index < -0.39 is 4.92 Å². The zero-order valence-electron chi connectivity index (χ0n) is 10.6. The highest BCUT2D eigenvalue weighted by molar-refractivity contribution is 5.70. The van der Waals surface area contributed by atoms with E-state index in [0.717, 1.165) is 11.3 Å². The van der Waals surface area contributed by atoms with Crippen molar-refractivity contribution in [1.82, 2.24) is 9.38 Å². The third kappa shape index (κ3) is 1.78. The second-order valence-corrected chi connectivity index (χ2v) is 4.44. The number of pyridine rings is 1. The van der Waals surface area contributed by atoms with Gasteiger partial charge in [0.1, 0.15) is 5.65 Å². The van der Waals surface area contributed by atoms with E-state index >= 15 is 0 Å². The minimum atomic E-state index is -0.607. The van der Waals surface area contributed by atoms with Crippen LogP contribution in [0.15, 0.2) is 42.6 Å². The lowest BCUT2D eigenvalue weighted by Crippen LogP contribution is -1.90. The third-order valence-corrected chi connectivity index (χ3v) is 3.21. The first-order valence-corrected chi connectivity index (χ1v) is 5.99. The number of hydrogen-bond donors (Lipinski definition) is 1. The summed E-state index contributed by atoms with van der Waals surface area (Å²) >= 11 is 0. The average Bonchev–Trinajstić information content (AvgIpc) is 2.77. The van der Waals surface area contributed by atoms with Crippen molar-refractivity contribution in [2.45, 2.75) is 6.92 Å². The van der Waals surface area contributed by atoms with E-state index in [4.69, 9.17) is 0 Å². The summed E-state index contributed by atoms with van der Waals surface area (Å²) in [6.45, 7) is 1.90. The topological polar surface area (TPSA) is 80.7 Å². The van der Waals surface area contributed by atoms with Crippen LogP contribution >= 0.6 is 0 Å². The second-order valence-electron chi connectivity index (χ2n) is 4.44. The predicted molar refractivity (Wildman–Crippen MR) is 73.7 cm³/mol. The first kappa shape index (κ1) is 12.2. The van der Waals surface area contributed by atoms with Crippen molar-refractivity contribution in [3.63, 3.8) is 0 Å². The van der Waals surface area contributed by atoms with Crippen molar-refractivity contribution in [3.05, 3.63) is 58.4 Å². The van der Waals surface area contributed by atoms with Gasteiger partial charge in [-0.15, -0.1) is 0 Å². The first-order valence-electron chi connectivity index (χ1n) is 5.99. The number of aromatic hydroxyl groups is 1. The van der Waals surface area contributed by atoms with Crippen LogP contribution in [0, 0.1) is 17.0 Å². The minimum absolute atomic E-state index is 0.320. The molecule has 100 valence electrons. The molecule has 1 aromatic carbocycles. The van der Waals surface area contributed by atoms with E-state index in [1.165, 1.54) is 12.1 Å². The zero-order chi connectivity index (χ0) is 14.3. The summed E-state index contributed by atoms with van der Waals surface area (Å²) in [5.74, 6) is -0.347. The number of fused-ring (bicyclic) bond motifs is 1. The van der Waals surface area contributed by atoms with Gasteiger partial charge in [0.05, 0.1) is 10.6 Å². The molecule has 1 N–H and O–H groups in total. The molecule has 0 aliphatic carbocycles. The lowest BCUT2D eigenvalue weighted by atomic mass is 10.1. The highest BCUT2D eigenvalue weighted by atomic mass is 16.6. The van der Waals surface area contributed by atoms with Crippen LogP contribution in [-0.4, -0.2) is 19.4 Å². The molecule has 3 aromatic rings. The van der Waals surface area contributed by atoms with Gasteiger partial charge in [-0.2, -0.15) is 0 Å². The van der Waals surface area contributed by atoms with E-state index in [2.05, 4.69) is 4.98 Å². The molecule has 20 heavy (non-hydrogen) atoms. The number of phenols is 1. The van der Waals surface area contributed by atoms with Crippen LogP contribution in [0.4, 0.5) is 5.69 Å². The van der Waals surface area contributed by atoms with E-state index in [1.807, 2.05) is 35.7 Å². The average molecular weight is 269 g/mol. The predicted octanol–water partition coefficient (Wildman–Crippen LogP) is 2.92. The molecule has 0 unspecified atom stereocenters. The molecule has 0 saturated heterocycles. The van der Waals surface area contributed by atoms with E-state index in [1.54, 1.807) is 6.07 Å². The number of nitrogens with zero attached hydrogens (tertiary/aromatic N) is 3. The highest BCUT2D eigenvalue weighted by Crippen LogP contribution is 2.32. The van der Waals surface area contributed by atoms with Gasteiger partial charge in [-0.25, -0.2) is 4.98 Å². The van der Waals surface area contributed by atoms with Gasteiger partial charge in [0.15, 0.2) is 5.75 Å². The summed E-state index contributed by atoms with van der Waals surface area (Å²) in [6, 6.07) is 9.92. The Labute approximate surface area is 114 Å². The summed E-state index contributed by atoms with van der Waals surface area (Å²) < 4.78 is 1.91. The summed E-state index contributed by atoms with van der Waals surface area (Å²) in [7, 11) is 0. The van der Waals surface area contributed by atoms with Gasteiger partial charge in [-0.3, -0.25) is 10.1 Å². The fourth-order valence-corrected chi connectivity index (χ4v) is 2.21. The number of rotatable bonds is 2. The van der Waals surface area contributed by atoms with Crippen molar-refractivity contribution >= 4 is 11.3 Å². The Morgan fingerprint density at radius 3 is 2.80 bits per heavy atom. The lowest BCUT2D eigenvalue weighted by molar-refractivity contribution is -0.385. The maximum absolute atomic E-state index is 10.9. The number of benzene rings is 1. The number of phenolic OH excluding ortho intramolecular Hbond substituents is 1. The number of imidazole rings is 1. The molecular formula is C14H11N3O3. The smallest absolute Gasteiger partial charge is 0.311 e. The minimum Gasteiger partial charge on any atom is -0.502 e. The molecule has 2 aromatic heterocycles. The van der Waals surface area contributed by atoms with Crippen molar-refractivity contribution < 1.29 is 10.0 Å². The monoisotopic (exact) mass is 269 g/mol. The lowest BCUT2D eigenvalue weighted by Gasteiger charge is -2.01. The molecule has 3 rings (SSSR count). The molecule has 0 amide bonds. The Hall–Kier alpha value is -2.89. The van der Waals surface area contributed by atoms with Gasteiger partial charge in [-0.1, -0.05) is 6.07 Å². The fourth-order valence-electron chi connectivity index (χ4n) is 2.21. The van der Waals surface area contributed by atoms with Crippen LogP contribution < -0.4 is 0 Å². The van der Waals surface area contributed by atoms with Crippen molar-refractivity contribution in [2.24, 2.45) is 0 Å². The molecule has 0 fully saturated rings. The quantitative estimate of drug-likeness (QED) is 0.573. The SMILES string of the molecule is Cc1c(-c2ccc(O)c([N+](=O)[O-])c2)nc2ccccn12. The van der Waals surface area contributed by atoms with Crippen LogP contribution in [0.2, 0.25) is 0 Å². The first-order chi connectivity index (χ1) is 9.58. The summed E-state index contributed by atoms with van der Waals surface area (Å²) in [6.07, 6.45) is 1.88. The molecule has 0 radical (unpaired) electrons. The molecule has 0 saturated carbocycles.